The normalized spacial score (nSPS) is 21.9. The van der Waals surface area contributed by atoms with Crippen LogP contribution in [0.2, 0.25) is 0 Å². The summed E-state index contributed by atoms with van der Waals surface area (Å²) in [6.07, 6.45) is 16.6. The van der Waals surface area contributed by atoms with Crippen molar-refractivity contribution in [1.29, 1.82) is 0 Å². The summed E-state index contributed by atoms with van der Waals surface area (Å²) in [7, 11) is 0. The maximum absolute atomic E-state index is 3.22. The summed E-state index contributed by atoms with van der Waals surface area (Å²) in [5, 5.41) is 0. The van der Waals surface area contributed by atoms with Crippen LogP contribution >= 0.6 is 0 Å². The zero-order valence-corrected chi connectivity index (χ0v) is 14.0. The Morgan fingerprint density at radius 1 is 0.955 bits per heavy atom. The molecule has 0 N–H and O–H groups in total. The largest absolute Gasteiger partial charge is 0.0885 e. The molecule has 22 heavy (non-hydrogen) atoms. The highest BCUT2D eigenvalue weighted by Crippen LogP contribution is 2.30. The van der Waals surface area contributed by atoms with Crippen molar-refractivity contribution in [2.45, 2.75) is 52.4 Å². The van der Waals surface area contributed by atoms with E-state index in [-0.39, 0.29) is 0 Å². The minimum Gasteiger partial charge on any atom is -0.0885 e. The highest BCUT2D eigenvalue weighted by Gasteiger charge is 2.16. The molecule has 0 nitrogen and oxygen atoms in total. The topological polar surface area (TPSA) is 0 Å². The van der Waals surface area contributed by atoms with Crippen LogP contribution in [0.4, 0.5) is 0 Å². The van der Waals surface area contributed by atoms with Gasteiger partial charge in [0, 0.05) is 5.56 Å². The summed E-state index contributed by atoms with van der Waals surface area (Å²) in [5.41, 5.74) is 2.48. The monoisotopic (exact) mass is 292 g/mol. The maximum Gasteiger partial charge on any atom is 0.0249 e. The summed E-state index contributed by atoms with van der Waals surface area (Å²) in [6.45, 7) is 4.38. The van der Waals surface area contributed by atoms with Gasteiger partial charge in [0.2, 0.25) is 0 Å². The first-order chi connectivity index (χ1) is 10.8. The minimum atomic E-state index is 0.725. The minimum absolute atomic E-state index is 0.725. The molecule has 0 heterocycles. The van der Waals surface area contributed by atoms with E-state index in [2.05, 4.69) is 74.3 Å². The molecule has 1 aromatic rings. The van der Waals surface area contributed by atoms with Crippen molar-refractivity contribution < 1.29 is 0 Å². The Hall–Kier alpha value is -1.74. The predicted octanol–water partition coefficient (Wildman–Crippen LogP) is 5.93. The first-order valence-electron chi connectivity index (χ1n) is 8.75. The fourth-order valence-corrected chi connectivity index (χ4v) is 2.99. The van der Waals surface area contributed by atoms with Gasteiger partial charge in [0.1, 0.15) is 0 Å². The molecule has 0 amide bonds. The molecule has 0 atom stereocenters. The lowest BCUT2D eigenvalue weighted by Crippen LogP contribution is -2.11. The standard InChI is InChI=1S/C22H28/c1-3-5-8-20-15-17-22(18-16-20)10-7-6-9-21-13-11-19(4-2)12-14-21/h5,7-8,10-14,20,22H,3-4,15-18H2,1-2H3/t20-,22-. The van der Waals surface area contributed by atoms with Gasteiger partial charge in [-0.1, -0.05) is 56.0 Å². The average Bonchev–Trinajstić information content (AvgIpc) is 2.58. The lowest BCUT2D eigenvalue weighted by molar-refractivity contribution is 0.356. The van der Waals surface area contributed by atoms with Gasteiger partial charge in [0.25, 0.3) is 0 Å². The average molecular weight is 292 g/mol. The van der Waals surface area contributed by atoms with E-state index in [0.717, 1.165) is 30.2 Å². The van der Waals surface area contributed by atoms with Gasteiger partial charge in [-0.25, -0.2) is 0 Å². The van der Waals surface area contributed by atoms with Gasteiger partial charge >= 0.3 is 0 Å². The number of benzene rings is 1. The summed E-state index contributed by atoms with van der Waals surface area (Å²) in [4.78, 5) is 0. The zero-order chi connectivity index (χ0) is 15.6. The number of rotatable bonds is 4. The van der Waals surface area contributed by atoms with Gasteiger partial charge in [0.15, 0.2) is 0 Å². The summed E-state index contributed by atoms with van der Waals surface area (Å²) >= 11 is 0. The van der Waals surface area contributed by atoms with Crippen LogP contribution in [0.5, 0.6) is 0 Å². The van der Waals surface area contributed by atoms with E-state index in [9.17, 15) is 0 Å². The van der Waals surface area contributed by atoms with Crippen molar-refractivity contribution in [1.82, 2.24) is 0 Å². The van der Waals surface area contributed by atoms with E-state index in [1.807, 2.05) is 0 Å². The number of allylic oxidation sites excluding steroid dienone is 4. The van der Waals surface area contributed by atoms with Crippen molar-refractivity contribution >= 4 is 0 Å². The van der Waals surface area contributed by atoms with Crippen LogP contribution in [0, 0.1) is 23.7 Å². The van der Waals surface area contributed by atoms with Crippen molar-refractivity contribution in [3.63, 3.8) is 0 Å². The van der Waals surface area contributed by atoms with E-state index in [4.69, 9.17) is 0 Å². The molecule has 1 saturated carbocycles. The molecule has 0 unspecified atom stereocenters. The molecule has 0 aliphatic heterocycles. The highest BCUT2D eigenvalue weighted by atomic mass is 14.2. The third kappa shape index (κ3) is 5.57. The first-order valence-corrected chi connectivity index (χ1v) is 8.75. The van der Waals surface area contributed by atoms with Gasteiger partial charge in [-0.3, -0.25) is 0 Å². The molecule has 0 radical (unpaired) electrons. The van der Waals surface area contributed by atoms with E-state index < -0.39 is 0 Å². The van der Waals surface area contributed by atoms with E-state index in [1.54, 1.807) is 0 Å². The molecule has 0 bridgehead atoms. The highest BCUT2D eigenvalue weighted by molar-refractivity contribution is 5.38. The maximum atomic E-state index is 3.22. The zero-order valence-electron chi connectivity index (χ0n) is 14.0. The molecule has 0 aromatic heterocycles. The lowest BCUT2D eigenvalue weighted by atomic mass is 9.81. The van der Waals surface area contributed by atoms with E-state index >= 15 is 0 Å². The Morgan fingerprint density at radius 3 is 2.18 bits per heavy atom. The van der Waals surface area contributed by atoms with Crippen molar-refractivity contribution in [3.05, 3.63) is 59.7 Å². The molecule has 0 spiro atoms. The smallest absolute Gasteiger partial charge is 0.0249 e. The van der Waals surface area contributed by atoms with Crippen molar-refractivity contribution in [2.75, 3.05) is 0 Å². The number of hydrogen-bond acceptors (Lipinski definition) is 0. The van der Waals surface area contributed by atoms with Crippen molar-refractivity contribution in [2.24, 2.45) is 11.8 Å². The number of hydrogen-bond donors (Lipinski definition) is 0. The van der Waals surface area contributed by atoms with Crippen LogP contribution in [0.15, 0.2) is 48.6 Å². The van der Waals surface area contributed by atoms with Gasteiger partial charge < -0.3 is 0 Å². The van der Waals surface area contributed by atoms with Crippen LogP contribution in [0.3, 0.4) is 0 Å². The Balaban J connectivity index is 1.79. The molecule has 0 heteroatoms. The molecule has 1 aromatic carbocycles. The Bertz CT molecular complexity index is 540. The Kier molecular flexibility index (Phi) is 7.04. The Morgan fingerprint density at radius 2 is 1.59 bits per heavy atom. The second-order valence-corrected chi connectivity index (χ2v) is 6.19. The molecule has 1 aliphatic carbocycles. The molecule has 1 aliphatic rings. The third-order valence-corrected chi connectivity index (χ3v) is 4.49. The van der Waals surface area contributed by atoms with Gasteiger partial charge in [-0.05, 0) is 74.1 Å². The summed E-state index contributed by atoms with van der Waals surface area (Å²) in [6, 6.07) is 8.56. The molecule has 116 valence electrons. The first kappa shape index (κ1) is 16.6. The predicted molar refractivity (Wildman–Crippen MR) is 96.7 cm³/mol. The lowest BCUT2D eigenvalue weighted by Gasteiger charge is -2.24. The van der Waals surface area contributed by atoms with Crippen LogP contribution in [0.1, 0.15) is 57.1 Å². The van der Waals surface area contributed by atoms with E-state index in [0.29, 0.717) is 0 Å². The fourth-order valence-electron chi connectivity index (χ4n) is 2.99. The van der Waals surface area contributed by atoms with E-state index in [1.165, 1.54) is 31.2 Å². The SMILES string of the molecule is CCC=C[C@H]1CC[C@H](C=CC#Cc2ccc(CC)cc2)CC1. The number of aryl methyl sites for hydroxylation is 1. The Labute approximate surface area is 136 Å². The fraction of sp³-hybridized carbons (Fsp3) is 0.455. The van der Waals surface area contributed by atoms with Crippen LogP contribution in [-0.4, -0.2) is 0 Å². The van der Waals surface area contributed by atoms with Crippen LogP contribution in [-0.2, 0) is 6.42 Å². The molecule has 2 rings (SSSR count). The third-order valence-electron chi connectivity index (χ3n) is 4.49. The van der Waals surface area contributed by atoms with Crippen molar-refractivity contribution in [3.8, 4) is 11.8 Å². The second-order valence-electron chi connectivity index (χ2n) is 6.19. The molecule has 0 saturated heterocycles. The molecule has 1 fully saturated rings. The van der Waals surface area contributed by atoms with Gasteiger partial charge in [0.05, 0.1) is 0 Å². The molecular weight excluding hydrogens is 264 g/mol. The second kappa shape index (κ2) is 9.31. The summed E-state index contributed by atoms with van der Waals surface area (Å²) in [5.74, 6) is 7.95. The van der Waals surface area contributed by atoms with Crippen LogP contribution < -0.4 is 0 Å². The van der Waals surface area contributed by atoms with Gasteiger partial charge in [-0.2, -0.15) is 0 Å². The van der Waals surface area contributed by atoms with Crippen LogP contribution in [0.25, 0.3) is 0 Å². The summed E-state index contributed by atoms with van der Waals surface area (Å²) < 4.78 is 0. The quantitative estimate of drug-likeness (QED) is 0.476. The molecular formula is C22H28. The van der Waals surface area contributed by atoms with Gasteiger partial charge in [-0.15, -0.1) is 0 Å².